The quantitative estimate of drug-likeness (QED) is 0.0222. The van der Waals surface area contributed by atoms with Crippen LogP contribution in [0, 0.1) is 17.8 Å². The van der Waals surface area contributed by atoms with E-state index in [9.17, 15) is 43.2 Å². The van der Waals surface area contributed by atoms with Crippen molar-refractivity contribution in [1.82, 2.24) is 0 Å². The first-order valence-electron chi connectivity index (χ1n) is 36.4. The highest BCUT2D eigenvalue weighted by molar-refractivity contribution is 7.47. The largest absolute Gasteiger partial charge is 0.472 e. The van der Waals surface area contributed by atoms with Crippen LogP contribution in [0.15, 0.2) is 0 Å². The van der Waals surface area contributed by atoms with Crippen LogP contribution in [0.25, 0.3) is 0 Å². The van der Waals surface area contributed by atoms with Gasteiger partial charge in [0.25, 0.3) is 0 Å². The molecule has 89 heavy (non-hydrogen) atoms. The molecule has 19 heteroatoms. The van der Waals surface area contributed by atoms with E-state index in [1.165, 1.54) is 161 Å². The summed E-state index contributed by atoms with van der Waals surface area (Å²) in [7, 11) is -9.90. The van der Waals surface area contributed by atoms with E-state index in [-0.39, 0.29) is 25.7 Å². The molecule has 0 saturated carbocycles. The lowest BCUT2D eigenvalue weighted by Crippen LogP contribution is -2.30. The van der Waals surface area contributed by atoms with Crippen LogP contribution in [0.5, 0.6) is 0 Å². The number of carbonyl (C=O) groups excluding carboxylic acids is 4. The van der Waals surface area contributed by atoms with E-state index in [1.807, 2.05) is 0 Å². The molecule has 0 amide bonds. The normalized spacial score (nSPS) is 14.5. The lowest BCUT2D eigenvalue weighted by Gasteiger charge is -2.21. The summed E-state index contributed by atoms with van der Waals surface area (Å²) in [6.07, 6.45) is 44.6. The van der Waals surface area contributed by atoms with Crippen LogP contribution in [0.3, 0.4) is 0 Å². The maximum atomic E-state index is 13.0. The monoisotopic (exact) mass is 1310 g/mol. The zero-order chi connectivity index (χ0) is 65.9. The van der Waals surface area contributed by atoms with Gasteiger partial charge in [-0.2, -0.15) is 0 Å². The predicted molar refractivity (Wildman–Crippen MR) is 358 cm³/mol. The second-order valence-corrected chi connectivity index (χ2v) is 29.4. The number of rotatable bonds is 68. The molecule has 0 rings (SSSR count). The number of ether oxygens (including phenoxy) is 4. The highest BCUT2D eigenvalue weighted by Gasteiger charge is 2.30. The summed E-state index contributed by atoms with van der Waals surface area (Å²) >= 11 is 0. The van der Waals surface area contributed by atoms with Crippen molar-refractivity contribution in [1.29, 1.82) is 0 Å². The molecule has 3 N–H and O–H groups in total. The zero-order valence-corrected chi connectivity index (χ0v) is 59.7. The summed E-state index contributed by atoms with van der Waals surface area (Å²) in [6.45, 7) is 11.8. The molecule has 0 spiro atoms. The second kappa shape index (κ2) is 61.0. The Morgan fingerprint density at radius 1 is 0.326 bits per heavy atom. The van der Waals surface area contributed by atoms with Crippen LogP contribution in [-0.4, -0.2) is 96.7 Å². The average Bonchev–Trinajstić information content (AvgIpc) is 3.71. The Labute approximate surface area is 543 Å². The second-order valence-electron chi connectivity index (χ2n) is 26.5. The van der Waals surface area contributed by atoms with E-state index >= 15 is 0 Å². The summed E-state index contributed by atoms with van der Waals surface area (Å²) in [5.74, 6) is 0.124. The maximum absolute atomic E-state index is 13.0. The van der Waals surface area contributed by atoms with E-state index in [0.717, 1.165) is 102 Å². The van der Waals surface area contributed by atoms with E-state index in [0.29, 0.717) is 31.6 Å². The highest BCUT2D eigenvalue weighted by Crippen LogP contribution is 2.45. The minimum Gasteiger partial charge on any atom is -0.462 e. The minimum atomic E-state index is -4.95. The third kappa shape index (κ3) is 63.2. The van der Waals surface area contributed by atoms with Gasteiger partial charge in [-0.15, -0.1) is 0 Å². The molecule has 0 bridgehead atoms. The Bertz CT molecular complexity index is 1750. The van der Waals surface area contributed by atoms with Crippen LogP contribution in [0.2, 0.25) is 0 Å². The summed E-state index contributed by atoms with van der Waals surface area (Å²) in [5.41, 5.74) is 0. The molecule has 528 valence electrons. The zero-order valence-electron chi connectivity index (χ0n) is 57.9. The number of phosphoric acid groups is 2. The fraction of sp³-hybridized carbons (Fsp3) is 0.943. The predicted octanol–water partition coefficient (Wildman–Crippen LogP) is 19.8. The summed E-state index contributed by atoms with van der Waals surface area (Å²) in [4.78, 5) is 72.4. The number of unbranched alkanes of at least 4 members (excludes halogenated alkanes) is 35. The van der Waals surface area contributed by atoms with Gasteiger partial charge in [0, 0.05) is 25.7 Å². The molecular weight excluding hydrogens is 1170 g/mol. The van der Waals surface area contributed by atoms with Crippen LogP contribution in [0.1, 0.15) is 350 Å². The Balaban J connectivity index is 5.19. The Morgan fingerprint density at radius 3 is 0.854 bits per heavy atom. The van der Waals surface area contributed by atoms with Gasteiger partial charge in [0.05, 0.1) is 26.4 Å². The third-order valence-electron chi connectivity index (χ3n) is 16.5. The fourth-order valence-electron chi connectivity index (χ4n) is 10.5. The number of esters is 4. The van der Waals surface area contributed by atoms with Gasteiger partial charge in [-0.3, -0.25) is 37.3 Å². The van der Waals surface area contributed by atoms with E-state index in [4.69, 9.17) is 37.0 Å². The first-order valence-corrected chi connectivity index (χ1v) is 39.4. The molecule has 0 aliphatic carbocycles. The number of hydrogen-bond donors (Lipinski definition) is 3. The molecule has 0 aromatic heterocycles. The highest BCUT2D eigenvalue weighted by atomic mass is 31.2. The summed E-state index contributed by atoms with van der Waals surface area (Å²) in [5, 5.41) is 10.6. The van der Waals surface area contributed by atoms with Gasteiger partial charge in [0.2, 0.25) is 0 Å². The summed E-state index contributed by atoms with van der Waals surface area (Å²) in [6, 6.07) is 0. The number of phosphoric ester groups is 2. The molecule has 0 saturated heterocycles. The third-order valence-corrected chi connectivity index (χ3v) is 18.4. The van der Waals surface area contributed by atoms with E-state index in [1.54, 1.807) is 0 Å². The van der Waals surface area contributed by atoms with Gasteiger partial charge in [-0.25, -0.2) is 9.13 Å². The number of aliphatic hydroxyl groups excluding tert-OH is 1. The SMILES string of the molecule is CCCCCCCCCCCC(=O)OC[C@H](COP(=O)(O)OC[C@H](O)COP(=O)(O)OC[C@@H](COC(=O)CCCCCCCCCCC(C)CC)OC(=O)CCCCCCCCCCCCCCCCCCC(C)C)OC(=O)CCCCCCCCC(C)C. The first kappa shape index (κ1) is 87.1. The maximum Gasteiger partial charge on any atom is 0.472 e. The van der Waals surface area contributed by atoms with Gasteiger partial charge in [-0.05, 0) is 43.4 Å². The molecule has 0 aromatic rings. The number of hydrogen-bond acceptors (Lipinski definition) is 15. The van der Waals surface area contributed by atoms with Gasteiger partial charge in [-0.1, -0.05) is 299 Å². The summed E-state index contributed by atoms with van der Waals surface area (Å²) < 4.78 is 68.2. The van der Waals surface area contributed by atoms with Gasteiger partial charge >= 0.3 is 39.5 Å². The molecule has 0 aliphatic heterocycles. The Kier molecular flexibility index (Phi) is 59.6. The molecule has 0 aromatic carbocycles. The van der Waals surface area contributed by atoms with Crippen molar-refractivity contribution in [2.24, 2.45) is 17.8 Å². The van der Waals surface area contributed by atoms with Gasteiger partial charge < -0.3 is 33.8 Å². The van der Waals surface area contributed by atoms with Gasteiger partial charge in [0.15, 0.2) is 12.2 Å². The van der Waals surface area contributed by atoms with Crippen LogP contribution < -0.4 is 0 Å². The Morgan fingerprint density at radius 2 is 0.573 bits per heavy atom. The molecule has 0 radical (unpaired) electrons. The van der Waals surface area contributed by atoms with Crippen molar-refractivity contribution < 1.29 is 80.2 Å². The van der Waals surface area contributed by atoms with Crippen LogP contribution in [-0.2, 0) is 65.4 Å². The van der Waals surface area contributed by atoms with Crippen LogP contribution in [0.4, 0.5) is 0 Å². The van der Waals surface area contributed by atoms with Crippen molar-refractivity contribution in [3.63, 3.8) is 0 Å². The van der Waals surface area contributed by atoms with Crippen molar-refractivity contribution in [3.8, 4) is 0 Å². The minimum absolute atomic E-state index is 0.102. The molecule has 3 unspecified atom stereocenters. The standard InChI is InChI=1S/C70H136O17P2/c1-8-10-11-12-13-22-29-37-44-51-67(72)80-58-66(87-70(75)54-47-40-33-32-35-42-49-62(5)6)60-85-89(78,79)83-56-64(71)55-82-88(76,77)84-59-65(57-81-68(73)52-45-38-30-26-25-28-36-43-50-63(7)9-2)86-69(74)53-46-39-31-24-21-19-17-15-14-16-18-20-23-27-34-41-48-61(3)4/h61-66,71H,8-60H2,1-7H3,(H,76,77)(H,78,79)/t63?,64-,65-,66-/m1/s1. The average molecular weight is 1310 g/mol. The molecule has 6 atom stereocenters. The number of carbonyl (C=O) groups is 4. The lowest BCUT2D eigenvalue weighted by molar-refractivity contribution is -0.161. The fourth-order valence-corrected chi connectivity index (χ4v) is 12.1. The Hall–Kier alpha value is -1.94. The van der Waals surface area contributed by atoms with E-state index < -0.39 is 97.5 Å². The molecule has 0 aliphatic rings. The van der Waals surface area contributed by atoms with E-state index in [2.05, 4.69) is 48.5 Å². The lowest BCUT2D eigenvalue weighted by atomic mass is 9.99. The van der Waals surface area contributed by atoms with Crippen molar-refractivity contribution >= 4 is 39.5 Å². The van der Waals surface area contributed by atoms with Crippen molar-refractivity contribution in [3.05, 3.63) is 0 Å². The number of aliphatic hydroxyl groups is 1. The molecular formula is C70H136O17P2. The topological polar surface area (TPSA) is 237 Å². The smallest absolute Gasteiger partial charge is 0.462 e. The molecule has 0 fully saturated rings. The molecule has 17 nitrogen and oxygen atoms in total. The van der Waals surface area contributed by atoms with Crippen LogP contribution >= 0.6 is 15.6 Å². The van der Waals surface area contributed by atoms with Crippen molar-refractivity contribution in [2.75, 3.05) is 39.6 Å². The first-order chi connectivity index (χ1) is 42.8. The van der Waals surface area contributed by atoms with Crippen molar-refractivity contribution in [2.45, 2.75) is 369 Å². The molecule has 0 heterocycles. The van der Waals surface area contributed by atoms with Gasteiger partial charge in [0.1, 0.15) is 19.3 Å².